The summed E-state index contributed by atoms with van der Waals surface area (Å²) in [7, 11) is 2.73. The molecule has 0 fully saturated rings. The highest BCUT2D eigenvalue weighted by Crippen LogP contribution is 2.26. The number of benzene rings is 3. The number of hydrogen-bond donors (Lipinski definition) is 0. The van der Waals surface area contributed by atoms with E-state index in [2.05, 4.69) is 0 Å². The third-order valence-corrected chi connectivity index (χ3v) is 4.12. The van der Waals surface area contributed by atoms with E-state index < -0.39 is 0 Å². The minimum Gasteiger partial charge on any atom is -0.465 e. The van der Waals surface area contributed by atoms with E-state index in [0.717, 1.165) is 22.3 Å². The van der Waals surface area contributed by atoms with Crippen LogP contribution in [0.2, 0.25) is 0 Å². The molecule has 0 radical (unpaired) electrons. The molecule has 0 spiro atoms. The van der Waals surface area contributed by atoms with Crippen LogP contribution in [0.4, 0.5) is 0 Å². The highest BCUT2D eigenvalue weighted by molar-refractivity contribution is 5.92. The van der Waals surface area contributed by atoms with Gasteiger partial charge in [0, 0.05) is 0 Å². The van der Waals surface area contributed by atoms with Gasteiger partial charge in [0.2, 0.25) is 0 Å². The number of carbonyl (C=O) groups is 2. The summed E-state index contributed by atoms with van der Waals surface area (Å²) in [4.78, 5) is 23.4. The Hall–Kier alpha value is -3.40. The van der Waals surface area contributed by atoms with Crippen molar-refractivity contribution < 1.29 is 19.1 Å². The van der Waals surface area contributed by atoms with Gasteiger partial charge in [0.25, 0.3) is 0 Å². The van der Waals surface area contributed by atoms with Crippen molar-refractivity contribution in [2.75, 3.05) is 14.2 Å². The van der Waals surface area contributed by atoms with E-state index in [0.29, 0.717) is 11.1 Å². The fraction of sp³-hybridized carbons (Fsp3) is 0.0909. The minimum absolute atomic E-state index is 0.358. The molecular weight excluding hydrogens is 328 g/mol. The van der Waals surface area contributed by atoms with Gasteiger partial charge in [-0.25, -0.2) is 9.59 Å². The van der Waals surface area contributed by atoms with E-state index in [1.54, 1.807) is 24.3 Å². The number of methoxy groups -OCH3 is 2. The fourth-order valence-electron chi connectivity index (χ4n) is 2.74. The van der Waals surface area contributed by atoms with E-state index in [9.17, 15) is 9.59 Å². The van der Waals surface area contributed by atoms with Gasteiger partial charge in [0.15, 0.2) is 0 Å². The Morgan fingerprint density at radius 3 is 1.31 bits per heavy atom. The average Bonchev–Trinajstić information content (AvgIpc) is 2.73. The maximum Gasteiger partial charge on any atom is 0.337 e. The summed E-state index contributed by atoms with van der Waals surface area (Å²) in [5, 5.41) is 0. The van der Waals surface area contributed by atoms with Gasteiger partial charge < -0.3 is 9.47 Å². The number of carbonyl (C=O) groups excluding carboxylic acids is 2. The van der Waals surface area contributed by atoms with Crippen LogP contribution in [0.1, 0.15) is 20.7 Å². The Labute approximate surface area is 152 Å². The van der Waals surface area contributed by atoms with Crippen molar-refractivity contribution >= 4 is 11.9 Å². The zero-order valence-corrected chi connectivity index (χ0v) is 14.6. The van der Waals surface area contributed by atoms with Crippen LogP contribution < -0.4 is 0 Å². The first-order valence-corrected chi connectivity index (χ1v) is 8.10. The van der Waals surface area contributed by atoms with Gasteiger partial charge in [-0.2, -0.15) is 0 Å². The first-order valence-electron chi connectivity index (χ1n) is 8.10. The summed E-state index contributed by atoms with van der Waals surface area (Å²) < 4.78 is 9.53. The van der Waals surface area contributed by atoms with Crippen LogP contribution in [0.25, 0.3) is 22.3 Å². The second-order valence-corrected chi connectivity index (χ2v) is 5.72. The number of hydrogen-bond acceptors (Lipinski definition) is 4. The molecule has 0 aliphatic rings. The number of rotatable bonds is 4. The second kappa shape index (κ2) is 7.66. The molecule has 130 valence electrons. The zero-order chi connectivity index (χ0) is 18.5. The molecule has 4 heteroatoms. The van der Waals surface area contributed by atoms with Crippen LogP contribution >= 0.6 is 0 Å². The topological polar surface area (TPSA) is 52.6 Å². The first-order chi connectivity index (χ1) is 12.6. The first kappa shape index (κ1) is 17.4. The highest BCUT2D eigenvalue weighted by atomic mass is 16.5. The third-order valence-electron chi connectivity index (χ3n) is 4.12. The molecule has 0 aromatic heterocycles. The molecule has 0 aliphatic carbocycles. The summed E-state index contributed by atoms with van der Waals surface area (Å²) in [6.07, 6.45) is 0. The molecule has 26 heavy (non-hydrogen) atoms. The summed E-state index contributed by atoms with van der Waals surface area (Å²) in [5.74, 6) is -0.716. The van der Waals surface area contributed by atoms with Crippen molar-refractivity contribution in [1.82, 2.24) is 0 Å². The van der Waals surface area contributed by atoms with Gasteiger partial charge in [-0.05, 0) is 46.5 Å². The Bertz CT molecular complexity index is 864. The van der Waals surface area contributed by atoms with E-state index >= 15 is 0 Å². The molecule has 3 aromatic rings. The van der Waals surface area contributed by atoms with Gasteiger partial charge in [0.1, 0.15) is 0 Å². The lowest BCUT2D eigenvalue weighted by atomic mass is 9.98. The van der Waals surface area contributed by atoms with Crippen LogP contribution in [0.15, 0.2) is 72.8 Å². The smallest absolute Gasteiger partial charge is 0.337 e. The van der Waals surface area contributed by atoms with Crippen molar-refractivity contribution in [2.24, 2.45) is 0 Å². The normalized spacial score (nSPS) is 10.2. The largest absolute Gasteiger partial charge is 0.465 e. The molecule has 3 rings (SSSR count). The molecule has 0 unspecified atom stereocenters. The molecule has 4 nitrogen and oxygen atoms in total. The Balaban J connectivity index is 1.90. The SMILES string of the molecule is COC(=O)c1cccc(-c2ccc(-c3cccc(C(=O)OC)c3)cc2)c1. The predicted octanol–water partition coefficient (Wildman–Crippen LogP) is 4.59. The van der Waals surface area contributed by atoms with Gasteiger partial charge in [-0.15, -0.1) is 0 Å². The molecule has 0 N–H and O–H groups in total. The molecule has 0 saturated heterocycles. The Morgan fingerprint density at radius 1 is 0.577 bits per heavy atom. The predicted molar refractivity (Wildman–Crippen MR) is 100.0 cm³/mol. The van der Waals surface area contributed by atoms with E-state index in [1.807, 2.05) is 48.5 Å². The van der Waals surface area contributed by atoms with Gasteiger partial charge in [-0.3, -0.25) is 0 Å². The quantitative estimate of drug-likeness (QED) is 0.648. The van der Waals surface area contributed by atoms with Crippen LogP contribution in [0.3, 0.4) is 0 Å². The molecule has 0 atom stereocenters. The van der Waals surface area contributed by atoms with Crippen LogP contribution in [0, 0.1) is 0 Å². The molecule has 0 bridgehead atoms. The monoisotopic (exact) mass is 346 g/mol. The van der Waals surface area contributed by atoms with Crippen LogP contribution in [0.5, 0.6) is 0 Å². The summed E-state index contributed by atoms with van der Waals surface area (Å²) >= 11 is 0. The van der Waals surface area contributed by atoms with Crippen molar-refractivity contribution in [3.8, 4) is 22.3 Å². The van der Waals surface area contributed by atoms with Crippen molar-refractivity contribution in [2.45, 2.75) is 0 Å². The van der Waals surface area contributed by atoms with Crippen molar-refractivity contribution in [1.29, 1.82) is 0 Å². The molecular formula is C22H18O4. The summed E-state index contributed by atoms with van der Waals surface area (Å²) in [6.45, 7) is 0. The Kier molecular flexibility index (Phi) is 5.13. The lowest BCUT2D eigenvalue weighted by molar-refractivity contribution is 0.0592. The number of ether oxygens (including phenoxy) is 2. The van der Waals surface area contributed by atoms with Crippen LogP contribution in [-0.2, 0) is 9.47 Å². The van der Waals surface area contributed by atoms with Gasteiger partial charge in [0.05, 0.1) is 25.3 Å². The zero-order valence-electron chi connectivity index (χ0n) is 14.6. The maximum atomic E-state index is 11.7. The van der Waals surface area contributed by atoms with Crippen molar-refractivity contribution in [3.05, 3.63) is 83.9 Å². The van der Waals surface area contributed by atoms with Gasteiger partial charge in [-0.1, -0.05) is 48.5 Å². The summed E-state index contributed by atoms with van der Waals surface area (Å²) in [5.41, 5.74) is 4.87. The second-order valence-electron chi connectivity index (χ2n) is 5.72. The van der Waals surface area contributed by atoms with Crippen molar-refractivity contribution in [3.63, 3.8) is 0 Å². The minimum atomic E-state index is -0.358. The number of esters is 2. The van der Waals surface area contributed by atoms with E-state index in [4.69, 9.17) is 9.47 Å². The van der Waals surface area contributed by atoms with Crippen LogP contribution in [-0.4, -0.2) is 26.2 Å². The molecule has 0 saturated carbocycles. The van der Waals surface area contributed by atoms with Gasteiger partial charge >= 0.3 is 11.9 Å². The lowest BCUT2D eigenvalue weighted by Crippen LogP contribution is -2.01. The third kappa shape index (κ3) is 3.64. The fourth-order valence-corrected chi connectivity index (χ4v) is 2.74. The molecule has 0 aliphatic heterocycles. The highest BCUT2D eigenvalue weighted by Gasteiger charge is 2.09. The standard InChI is InChI=1S/C22H18O4/c1-25-21(23)19-7-3-5-17(13-19)15-9-11-16(12-10-15)18-6-4-8-20(14-18)22(24)26-2/h3-14H,1-2H3. The molecule has 3 aromatic carbocycles. The molecule has 0 heterocycles. The maximum absolute atomic E-state index is 11.7. The molecule has 0 amide bonds. The van der Waals surface area contributed by atoms with E-state index in [-0.39, 0.29) is 11.9 Å². The lowest BCUT2D eigenvalue weighted by Gasteiger charge is -2.07. The van der Waals surface area contributed by atoms with E-state index in [1.165, 1.54) is 14.2 Å². The average molecular weight is 346 g/mol. The summed E-state index contributed by atoms with van der Waals surface area (Å²) in [6, 6.07) is 22.5. The Morgan fingerprint density at radius 2 is 0.962 bits per heavy atom.